The highest BCUT2D eigenvalue weighted by atomic mass is 127. The Hall–Kier alpha value is -2.51. The van der Waals surface area contributed by atoms with E-state index in [1.807, 2.05) is 34.0 Å². The van der Waals surface area contributed by atoms with E-state index in [1.165, 1.54) is 55.1 Å². The lowest BCUT2D eigenvalue weighted by atomic mass is 9.99. The lowest BCUT2D eigenvalue weighted by molar-refractivity contribution is 1.59. The summed E-state index contributed by atoms with van der Waals surface area (Å²) in [4.78, 5) is 6.68. The summed E-state index contributed by atoms with van der Waals surface area (Å²) in [6.07, 6.45) is 0. The zero-order chi connectivity index (χ0) is 22.9. The maximum Gasteiger partial charge on any atom is 0.0660 e. The van der Waals surface area contributed by atoms with Crippen LogP contribution in [-0.4, -0.2) is 0 Å². The van der Waals surface area contributed by atoms with E-state index in [4.69, 9.17) is 0 Å². The number of hydrogen-bond acceptors (Lipinski definition) is 3. The van der Waals surface area contributed by atoms with E-state index in [-0.39, 0.29) is 0 Å². The van der Waals surface area contributed by atoms with Gasteiger partial charge < -0.3 is 0 Å². The molecule has 34 heavy (non-hydrogen) atoms. The summed E-state index contributed by atoms with van der Waals surface area (Å²) in [7, 11) is 0. The molecule has 164 valence electrons. The van der Waals surface area contributed by atoms with Gasteiger partial charge in [0.15, 0.2) is 0 Å². The zero-order valence-electron chi connectivity index (χ0n) is 18.1. The number of rotatable bonds is 5. The van der Waals surface area contributed by atoms with Crippen molar-refractivity contribution in [2.45, 2.75) is 0 Å². The molecule has 0 bridgehead atoms. The maximum absolute atomic E-state index is 2.39. The molecule has 0 atom stereocenters. The van der Waals surface area contributed by atoms with Crippen molar-refractivity contribution in [1.82, 2.24) is 0 Å². The smallest absolute Gasteiger partial charge is 0.0660 e. The first-order valence-electron chi connectivity index (χ1n) is 10.9. The fraction of sp³-hybridized carbons (Fsp3) is 0. The molecule has 0 fully saturated rings. The van der Waals surface area contributed by atoms with Crippen LogP contribution in [0.25, 0.3) is 52.2 Å². The predicted molar refractivity (Wildman–Crippen MR) is 160 cm³/mol. The Balaban J connectivity index is 1.20. The fourth-order valence-corrected chi connectivity index (χ4v) is 7.81. The van der Waals surface area contributed by atoms with Crippen LogP contribution in [0.1, 0.15) is 0 Å². The quantitative estimate of drug-likeness (QED) is 0.172. The highest BCUT2D eigenvalue weighted by Gasteiger charge is 2.10. The lowest BCUT2D eigenvalue weighted by Crippen LogP contribution is -1.81. The van der Waals surface area contributed by atoms with Gasteiger partial charge in [0, 0.05) is 24.4 Å². The molecular formula is C30H19IS3. The van der Waals surface area contributed by atoms with Crippen LogP contribution in [0.2, 0.25) is 0 Å². The molecule has 0 saturated carbocycles. The van der Waals surface area contributed by atoms with Crippen molar-refractivity contribution >= 4 is 56.6 Å². The fourth-order valence-electron chi connectivity index (χ4n) is 3.99. The van der Waals surface area contributed by atoms with Crippen molar-refractivity contribution in [3.63, 3.8) is 0 Å². The van der Waals surface area contributed by atoms with Crippen LogP contribution in [0.3, 0.4) is 0 Å². The third kappa shape index (κ3) is 4.56. The minimum atomic E-state index is 1.24. The van der Waals surface area contributed by atoms with Crippen LogP contribution >= 0.6 is 56.6 Å². The molecule has 6 aromatic rings. The Labute approximate surface area is 225 Å². The van der Waals surface area contributed by atoms with Gasteiger partial charge in [0.2, 0.25) is 0 Å². The number of halogens is 1. The van der Waals surface area contributed by atoms with Crippen LogP contribution in [0, 0.1) is 2.88 Å². The molecular weight excluding hydrogens is 583 g/mol. The van der Waals surface area contributed by atoms with E-state index in [1.54, 1.807) is 0 Å². The summed E-state index contributed by atoms with van der Waals surface area (Å²) in [6, 6.07) is 41.7. The van der Waals surface area contributed by atoms with Crippen molar-refractivity contribution in [2.75, 3.05) is 0 Å². The Morgan fingerprint density at radius 3 is 1.21 bits per heavy atom. The molecule has 0 amide bonds. The van der Waals surface area contributed by atoms with E-state index in [0.717, 1.165) is 0 Å². The maximum atomic E-state index is 2.39. The third-order valence-electron chi connectivity index (χ3n) is 5.77. The molecule has 0 aliphatic heterocycles. The van der Waals surface area contributed by atoms with Gasteiger partial charge in [0.25, 0.3) is 0 Å². The van der Waals surface area contributed by atoms with Crippen molar-refractivity contribution in [1.29, 1.82) is 0 Å². The number of thiophene rings is 3. The largest absolute Gasteiger partial charge is 0.134 e. The molecule has 0 saturated heterocycles. The van der Waals surface area contributed by atoms with E-state index in [2.05, 4.69) is 138 Å². The first-order valence-corrected chi connectivity index (χ1v) is 14.5. The summed E-state index contributed by atoms with van der Waals surface area (Å²) >= 11 is 7.99. The lowest BCUT2D eigenvalue weighted by Gasteiger charge is -2.06. The van der Waals surface area contributed by atoms with Crippen LogP contribution in [0.15, 0.2) is 115 Å². The molecule has 0 aliphatic rings. The Morgan fingerprint density at radius 1 is 0.324 bits per heavy atom. The number of benzene rings is 3. The molecule has 0 radical (unpaired) electrons. The molecule has 3 heterocycles. The van der Waals surface area contributed by atoms with Gasteiger partial charge in [-0.3, -0.25) is 0 Å². The minimum absolute atomic E-state index is 1.24. The van der Waals surface area contributed by atoms with Crippen LogP contribution in [0.5, 0.6) is 0 Å². The molecule has 3 aromatic heterocycles. The second kappa shape index (κ2) is 9.62. The summed E-state index contributed by atoms with van der Waals surface area (Å²) in [5, 5.41) is 0. The Morgan fingerprint density at radius 2 is 0.706 bits per heavy atom. The molecule has 0 spiro atoms. The molecule has 0 N–H and O–H groups in total. The monoisotopic (exact) mass is 602 g/mol. The van der Waals surface area contributed by atoms with Gasteiger partial charge in [-0.15, -0.1) is 34.0 Å². The van der Waals surface area contributed by atoms with E-state index >= 15 is 0 Å². The average molecular weight is 603 g/mol. The topological polar surface area (TPSA) is 0 Å². The molecule has 4 heteroatoms. The highest BCUT2D eigenvalue weighted by Crippen LogP contribution is 2.42. The van der Waals surface area contributed by atoms with Gasteiger partial charge in [-0.1, -0.05) is 78.9 Å². The highest BCUT2D eigenvalue weighted by molar-refractivity contribution is 14.1. The van der Waals surface area contributed by atoms with E-state index in [0.29, 0.717) is 0 Å². The zero-order valence-corrected chi connectivity index (χ0v) is 22.7. The van der Waals surface area contributed by atoms with Gasteiger partial charge in [-0.05, 0) is 86.8 Å². The van der Waals surface area contributed by atoms with Gasteiger partial charge in [-0.2, -0.15) is 0 Å². The Kier molecular flexibility index (Phi) is 6.22. The third-order valence-corrected chi connectivity index (χ3v) is 10.3. The van der Waals surface area contributed by atoms with E-state index in [9.17, 15) is 0 Å². The van der Waals surface area contributed by atoms with Crippen LogP contribution in [-0.2, 0) is 0 Å². The molecule has 0 aliphatic carbocycles. The first-order chi connectivity index (χ1) is 16.7. The summed E-state index contributed by atoms with van der Waals surface area (Å²) < 4.78 is 1.33. The second-order valence-corrected chi connectivity index (χ2v) is 13.1. The van der Waals surface area contributed by atoms with E-state index < -0.39 is 0 Å². The predicted octanol–water partition coefficient (Wildman–Crippen LogP) is 10.8. The van der Waals surface area contributed by atoms with Crippen molar-refractivity contribution in [3.05, 3.63) is 118 Å². The van der Waals surface area contributed by atoms with Crippen molar-refractivity contribution in [2.24, 2.45) is 0 Å². The average Bonchev–Trinajstić information content (AvgIpc) is 3.65. The van der Waals surface area contributed by atoms with Gasteiger partial charge in [0.1, 0.15) is 0 Å². The van der Waals surface area contributed by atoms with Crippen LogP contribution < -0.4 is 0 Å². The molecule has 6 rings (SSSR count). The van der Waals surface area contributed by atoms with Gasteiger partial charge in [0.05, 0.1) is 2.88 Å². The summed E-state index contributed by atoms with van der Waals surface area (Å²) in [6.45, 7) is 0. The molecule has 0 unspecified atom stereocenters. The van der Waals surface area contributed by atoms with Gasteiger partial charge in [-0.25, -0.2) is 0 Å². The molecule has 0 nitrogen and oxygen atoms in total. The van der Waals surface area contributed by atoms with Crippen molar-refractivity contribution < 1.29 is 0 Å². The van der Waals surface area contributed by atoms with Gasteiger partial charge >= 0.3 is 0 Å². The first kappa shape index (κ1) is 22.0. The number of hydrogen-bond donors (Lipinski definition) is 0. The van der Waals surface area contributed by atoms with Crippen molar-refractivity contribution in [3.8, 4) is 52.2 Å². The second-order valence-electron chi connectivity index (χ2n) is 7.95. The SMILES string of the molecule is Ic1ccc(-c2ccc(-c3ccc(-c4ccc(-c5ccc(-c6ccccc6)cc5)cc4)s3)s2)s1. The normalized spacial score (nSPS) is 11.1. The standard InChI is InChI=1S/C30H19IS3/c31-30-19-18-29(34-30)28-17-16-27(33-28)26-15-14-25(32-26)24-12-10-23(11-13-24)22-8-6-21(7-9-22)20-4-2-1-3-5-20/h1-19H. The Bertz CT molecular complexity index is 1530. The summed E-state index contributed by atoms with van der Waals surface area (Å²) in [5.74, 6) is 0. The summed E-state index contributed by atoms with van der Waals surface area (Å²) in [5.41, 5.74) is 6.25. The minimum Gasteiger partial charge on any atom is -0.134 e. The molecule has 3 aromatic carbocycles. The van der Waals surface area contributed by atoms with Crippen LogP contribution in [0.4, 0.5) is 0 Å².